The number of hydrogen-bond donors (Lipinski definition) is 2. The largest absolute Gasteiger partial charge is 0.478 e. The Morgan fingerprint density at radius 1 is 1.29 bits per heavy atom. The Balaban J connectivity index is 2.11. The summed E-state index contributed by atoms with van der Waals surface area (Å²) in [5.41, 5.74) is 1.72. The van der Waals surface area contributed by atoms with Gasteiger partial charge in [0.2, 0.25) is 0 Å². The average molecular weight is 351 g/mol. The van der Waals surface area contributed by atoms with Crippen LogP contribution in [-0.4, -0.2) is 16.0 Å². The molecule has 0 aliphatic heterocycles. The number of nitrogens with one attached hydrogen (secondary N) is 1. The number of nitro benzene ring substituents is 1. The summed E-state index contributed by atoms with van der Waals surface area (Å²) in [6.45, 7) is 0.414. The highest BCUT2D eigenvalue weighted by molar-refractivity contribution is 9.10. The Morgan fingerprint density at radius 2 is 2.05 bits per heavy atom. The van der Waals surface area contributed by atoms with Crippen LogP contribution < -0.4 is 5.32 Å². The van der Waals surface area contributed by atoms with Gasteiger partial charge in [-0.3, -0.25) is 10.1 Å². The molecule has 0 bridgehead atoms. The van der Waals surface area contributed by atoms with Crippen LogP contribution in [0.3, 0.4) is 0 Å². The van der Waals surface area contributed by atoms with Crippen molar-refractivity contribution in [3.8, 4) is 0 Å². The van der Waals surface area contributed by atoms with Gasteiger partial charge in [-0.1, -0.05) is 12.1 Å². The van der Waals surface area contributed by atoms with Crippen molar-refractivity contribution in [1.82, 2.24) is 0 Å². The molecule has 0 heterocycles. The first kappa shape index (κ1) is 15.0. The molecule has 0 saturated heterocycles. The highest BCUT2D eigenvalue weighted by Gasteiger charge is 2.09. The lowest BCUT2D eigenvalue weighted by Gasteiger charge is -2.09. The Labute approximate surface area is 128 Å². The van der Waals surface area contributed by atoms with Gasteiger partial charge in [0.15, 0.2) is 0 Å². The number of carboxylic acid groups (broad SMARTS) is 1. The molecule has 0 spiro atoms. The lowest BCUT2D eigenvalue weighted by Crippen LogP contribution is -2.03. The number of aromatic carboxylic acids is 1. The number of nitro groups is 1. The Kier molecular flexibility index (Phi) is 4.54. The van der Waals surface area contributed by atoms with Gasteiger partial charge in [0.1, 0.15) is 0 Å². The van der Waals surface area contributed by atoms with Crippen molar-refractivity contribution in [2.24, 2.45) is 0 Å². The summed E-state index contributed by atoms with van der Waals surface area (Å²) in [5.74, 6) is -0.978. The molecule has 2 rings (SSSR count). The zero-order chi connectivity index (χ0) is 15.4. The number of carboxylic acids is 1. The molecular formula is C14H11BrN2O4. The summed E-state index contributed by atoms with van der Waals surface area (Å²) in [6, 6.07) is 11.0. The van der Waals surface area contributed by atoms with Crippen molar-refractivity contribution < 1.29 is 14.8 Å². The molecule has 7 heteroatoms. The quantitative estimate of drug-likeness (QED) is 0.633. The summed E-state index contributed by atoms with van der Waals surface area (Å²) < 4.78 is 0.575. The summed E-state index contributed by atoms with van der Waals surface area (Å²) in [5, 5.41) is 22.7. The van der Waals surface area contributed by atoms with Crippen LogP contribution in [0.4, 0.5) is 11.4 Å². The lowest BCUT2D eigenvalue weighted by molar-refractivity contribution is -0.384. The molecule has 21 heavy (non-hydrogen) atoms. The first-order chi connectivity index (χ1) is 9.97. The number of benzene rings is 2. The molecule has 2 N–H and O–H groups in total. The lowest BCUT2D eigenvalue weighted by atomic mass is 10.1. The summed E-state index contributed by atoms with van der Waals surface area (Å²) in [6.07, 6.45) is 0. The molecule has 0 radical (unpaired) electrons. The molecule has 0 aliphatic carbocycles. The number of carbonyl (C=O) groups is 1. The number of halogens is 1. The molecule has 6 nitrogen and oxygen atoms in total. The van der Waals surface area contributed by atoms with Gasteiger partial charge in [0, 0.05) is 28.8 Å². The number of nitrogens with zero attached hydrogens (tertiary/aromatic N) is 1. The van der Waals surface area contributed by atoms with Gasteiger partial charge in [-0.2, -0.15) is 0 Å². The molecule has 0 atom stereocenters. The Bertz CT molecular complexity index is 703. The van der Waals surface area contributed by atoms with Gasteiger partial charge in [0.05, 0.1) is 10.5 Å². The fraction of sp³-hybridized carbons (Fsp3) is 0.0714. The zero-order valence-electron chi connectivity index (χ0n) is 10.7. The SMILES string of the molecule is O=C(O)c1cccc(CNc2ccc([N+](=O)[O-])cc2Br)c1. The second-order valence-electron chi connectivity index (χ2n) is 4.28. The van der Waals surface area contributed by atoms with Gasteiger partial charge < -0.3 is 10.4 Å². The normalized spacial score (nSPS) is 10.1. The average Bonchev–Trinajstić information content (AvgIpc) is 2.46. The first-order valence-electron chi connectivity index (χ1n) is 5.97. The number of anilines is 1. The smallest absolute Gasteiger partial charge is 0.335 e. The highest BCUT2D eigenvalue weighted by atomic mass is 79.9. The zero-order valence-corrected chi connectivity index (χ0v) is 12.3. The van der Waals surface area contributed by atoms with Crippen LogP contribution in [0.2, 0.25) is 0 Å². The second kappa shape index (κ2) is 6.36. The van der Waals surface area contributed by atoms with Crippen molar-refractivity contribution in [3.05, 3.63) is 68.2 Å². The van der Waals surface area contributed by atoms with Gasteiger partial charge >= 0.3 is 5.97 Å². The van der Waals surface area contributed by atoms with Crippen LogP contribution in [0, 0.1) is 10.1 Å². The van der Waals surface area contributed by atoms with E-state index in [0.717, 1.165) is 5.56 Å². The molecule has 0 unspecified atom stereocenters. The van der Waals surface area contributed by atoms with Crippen LogP contribution in [0.1, 0.15) is 15.9 Å². The maximum atomic E-state index is 10.9. The third-order valence-electron chi connectivity index (χ3n) is 2.82. The highest BCUT2D eigenvalue weighted by Crippen LogP contribution is 2.27. The predicted octanol–water partition coefficient (Wildman–Crippen LogP) is 3.67. The minimum Gasteiger partial charge on any atom is -0.478 e. The second-order valence-corrected chi connectivity index (χ2v) is 5.13. The van der Waals surface area contributed by atoms with Crippen molar-refractivity contribution in [2.75, 3.05) is 5.32 Å². The van der Waals surface area contributed by atoms with E-state index in [1.165, 1.54) is 18.2 Å². The maximum Gasteiger partial charge on any atom is 0.335 e. The van der Waals surface area contributed by atoms with Gasteiger partial charge in [-0.05, 0) is 39.7 Å². The van der Waals surface area contributed by atoms with Gasteiger partial charge in [-0.25, -0.2) is 4.79 Å². The Morgan fingerprint density at radius 3 is 2.67 bits per heavy atom. The summed E-state index contributed by atoms with van der Waals surface area (Å²) in [7, 11) is 0. The van der Waals surface area contributed by atoms with E-state index in [2.05, 4.69) is 21.2 Å². The summed E-state index contributed by atoms with van der Waals surface area (Å²) >= 11 is 3.27. The van der Waals surface area contributed by atoms with Crippen LogP contribution in [0.15, 0.2) is 46.9 Å². The van der Waals surface area contributed by atoms with Crippen LogP contribution in [-0.2, 0) is 6.54 Å². The monoisotopic (exact) mass is 350 g/mol. The molecule has 0 aliphatic rings. The Hall–Kier alpha value is -2.41. The molecule has 0 saturated carbocycles. The van der Waals surface area contributed by atoms with E-state index in [1.807, 2.05) is 0 Å². The van der Waals surface area contributed by atoms with Crippen LogP contribution >= 0.6 is 15.9 Å². The van der Waals surface area contributed by atoms with E-state index in [9.17, 15) is 14.9 Å². The molecule has 0 fully saturated rings. The topological polar surface area (TPSA) is 92.5 Å². The van der Waals surface area contributed by atoms with Gasteiger partial charge in [0.25, 0.3) is 5.69 Å². The fourth-order valence-corrected chi connectivity index (χ4v) is 2.28. The minimum atomic E-state index is -0.978. The van der Waals surface area contributed by atoms with E-state index in [-0.39, 0.29) is 11.3 Å². The molecule has 2 aromatic rings. The van der Waals surface area contributed by atoms with Crippen molar-refractivity contribution in [3.63, 3.8) is 0 Å². The van der Waals surface area contributed by atoms with Crippen molar-refractivity contribution in [1.29, 1.82) is 0 Å². The van der Waals surface area contributed by atoms with Crippen molar-refractivity contribution >= 4 is 33.3 Å². The predicted molar refractivity (Wildman–Crippen MR) is 81.5 cm³/mol. The van der Waals surface area contributed by atoms with Crippen molar-refractivity contribution in [2.45, 2.75) is 6.54 Å². The molecule has 108 valence electrons. The van der Waals surface area contributed by atoms with Crippen LogP contribution in [0.5, 0.6) is 0 Å². The van der Waals surface area contributed by atoms with E-state index in [4.69, 9.17) is 5.11 Å². The molecular weight excluding hydrogens is 340 g/mol. The van der Waals surface area contributed by atoms with E-state index >= 15 is 0 Å². The number of hydrogen-bond acceptors (Lipinski definition) is 4. The molecule has 0 aromatic heterocycles. The minimum absolute atomic E-state index is 0.000277. The third-order valence-corrected chi connectivity index (χ3v) is 3.48. The number of rotatable bonds is 5. The number of non-ortho nitro benzene ring substituents is 1. The molecule has 2 aromatic carbocycles. The fourth-order valence-electron chi connectivity index (χ4n) is 1.77. The first-order valence-corrected chi connectivity index (χ1v) is 6.76. The van der Waals surface area contributed by atoms with E-state index in [0.29, 0.717) is 16.7 Å². The van der Waals surface area contributed by atoms with Crippen LogP contribution in [0.25, 0.3) is 0 Å². The molecule has 0 amide bonds. The van der Waals surface area contributed by atoms with E-state index in [1.54, 1.807) is 24.3 Å². The third kappa shape index (κ3) is 3.79. The van der Waals surface area contributed by atoms with E-state index < -0.39 is 10.9 Å². The standard InChI is InChI=1S/C14H11BrN2O4/c15-12-7-11(17(20)21)4-5-13(12)16-8-9-2-1-3-10(6-9)14(18)19/h1-7,16H,8H2,(H,18,19). The summed E-state index contributed by atoms with van der Waals surface area (Å²) in [4.78, 5) is 21.1. The van der Waals surface area contributed by atoms with Gasteiger partial charge in [-0.15, -0.1) is 0 Å². The maximum absolute atomic E-state index is 10.9.